The molecule has 1 unspecified atom stereocenters. The van der Waals surface area contributed by atoms with Crippen molar-refractivity contribution < 1.29 is 0 Å². The summed E-state index contributed by atoms with van der Waals surface area (Å²) in [5, 5.41) is 0. The second kappa shape index (κ2) is 9.18. The van der Waals surface area contributed by atoms with Gasteiger partial charge in [-0.1, -0.05) is 49.1 Å². The summed E-state index contributed by atoms with van der Waals surface area (Å²) in [4.78, 5) is 16.6. The first-order chi connectivity index (χ1) is 12.2. The quantitative estimate of drug-likeness (QED) is 0.645. The zero-order valence-electron chi connectivity index (χ0n) is 14.5. The van der Waals surface area contributed by atoms with Crippen LogP contribution in [0.4, 0.5) is 11.8 Å². The van der Waals surface area contributed by atoms with Crippen LogP contribution < -0.4 is 11.5 Å². The molecule has 2 aromatic rings. The molecule has 1 atom stereocenters. The van der Waals surface area contributed by atoms with Crippen LogP contribution in [-0.2, 0) is 6.42 Å². The molecule has 1 heterocycles. The fourth-order valence-electron chi connectivity index (χ4n) is 2.32. The van der Waals surface area contributed by atoms with E-state index >= 15 is 0 Å². The summed E-state index contributed by atoms with van der Waals surface area (Å²) in [6, 6.07) is 10.1. The number of benzene rings is 1. The van der Waals surface area contributed by atoms with E-state index in [1.54, 1.807) is 7.05 Å². The molecular formula is C19H22N6. The molecule has 0 radical (unpaired) electrons. The van der Waals surface area contributed by atoms with Gasteiger partial charge in [0.2, 0.25) is 5.95 Å². The highest BCUT2D eigenvalue weighted by molar-refractivity contribution is 5.90. The molecule has 0 saturated carbocycles. The number of nitrogen functional groups attached to an aromatic ring is 2. The Morgan fingerprint density at radius 2 is 1.92 bits per heavy atom. The molecule has 0 aliphatic heterocycles. The van der Waals surface area contributed by atoms with Gasteiger partial charge in [-0.2, -0.15) is 4.98 Å². The van der Waals surface area contributed by atoms with Crippen LogP contribution in [0.1, 0.15) is 29.7 Å². The van der Waals surface area contributed by atoms with Gasteiger partial charge in [0.25, 0.3) is 0 Å². The Labute approximate surface area is 148 Å². The predicted molar refractivity (Wildman–Crippen MR) is 104 cm³/mol. The van der Waals surface area contributed by atoms with Gasteiger partial charge in [-0.05, 0) is 12.0 Å². The summed E-state index contributed by atoms with van der Waals surface area (Å²) in [5.41, 5.74) is 14.0. The van der Waals surface area contributed by atoms with E-state index < -0.39 is 0 Å². The van der Waals surface area contributed by atoms with E-state index in [1.807, 2.05) is 49.7 Å². The van der Waals surface area contributed by atoms with E-state index in [4.69, 9.17) is 11.5 Å². The van der Waals surface area contributed by atoms with Gasteiger partial charge in [-0.25, -0.2) is 4.98 Å². The van der Waals surface area contributed by atoms with Crippen molar-refractivity contribution in [3.63, 3.8) is 0 Å². The van der Waals surface area contributed by atoms with E-state index in [0.717, 1.165) is 11.3 Å². The number of aryl methyl sites for hydroxylation is 1. The zero-order chi connectivity index (χ0) is 18.1. The molecule has 4 N–H and O–H groups in total. The van der Waals surface area contributed by atoms with Crippen molar-refractivity contribution in [2.45, 2.75) is 19.3 Å². The van der Waals surface area contributed by atoms with Crippen molar-refractivity contribution in [1.82, 2.24) is 9.97 Å². The first kappa shape index (κ1) is 18.1. The maximum atomic E-state index is 5.89. The van der Waals surface area contributed by atoms with E-state index in [-0.39, 0.29) is 11.9 Å². The largest absolute Gasteiger partial charge is 0.382 e. The Hall–Kier alpha value is -3.20. The molecule has 128 valence electrons. The third kappa shape index (κ3) is 5.15. The molecule has 6 nitrogen and oxygen atoms in total. The maximum absolute atomic E-state index is 5.89. The topological polar surface area (TPSA) is 103 Å². The number of nitrogens with two attached hydrogens (primary N) is 2. The Morgan fingerprint density at radius 3 is 2.60 bits per heavy atom. The zero-order valence-corrected chi connectivity index (χ0v) is 14.5. The van der Waals surface area contributed by atoms with Crippen molar-refractivity contribution in [1.29, 1.82) is 0 Å². The summed E-state index contributed by atoms with van der Waals surface area (Å²) >= 11 is 0. The number of aliphatic imine (C=N–C) groups is 2. The summed E-state index contributed by atoms with van der Waals surface area (Å²) in [5.74, 6) is 6.50. The molecule has 0 aliphatic carbocycles. The van der Waals surface area contributed by atoms with Gasteiger partial charge in [0.1, 0.15) is 5.82 Å². The lowest BCUT2D eigenvalue weighted by molar-refractivity contribution is 1.00. The number of aromatic nitrogens is 2. The highest BCUT2D eigenvalue weighted by atomic mass is 15.0. The SMILES string of the molecule is CCc1nc(N)nc(N)c1C#CCN=CC(C=NC)c1ccccc1. The van der Waals surface area contributed by atoms with Crippen LogP contribution in [-0.4, -0.2) is 36.0 Å². The maximum Gasteiger partial charge on any atom is 0.222 e. The average molecular weight is 334 g/mol. The Kier molecular flexibility index (Phi) is 6.66. The number of rotatable bonds is 5. The van der Waals surface area contributed by atoms with E-state index in [9.17, 15) is 0 Å². The summed E-state index contributed by atoms with van der Waals surface area (Å²) in [6.07, 6.45) is 4.39. The van der Waals surface area contributed by atoms with Crippen LogP contribution in [0.25, 0.3) is 0 Å². The average Bonchev–Trinajstić information content (AvgIpc) is 2.62. The molecular weight excluding hydrogens is 312 g/mol. The Balaban J connectivity index is 2.10. The number of hydrogen-bond acceptors (Lipinski definition) is 6. The van der Waals surface area contributed by atoms with Crippen molar-refractivity contribution in [2.24, 2.45) is 9.98 Å². The minimum Gasteiger partial charge on any atom is -0.382 e. The lowest BCUT2D eigenvalue weighted by Crippen LogP contribution is -2.06. The second-order valence-electron chi connectivity index (χ2n) is 5.28. The minimum atomic E-state index is 0.0316. The monoisotopic (exact) mass is 334 g/mol. The van der Waals surface area contributed by atoms with Crippen LogP contribution in [0.15, 0.2) is 40.3 Å². The third-order valence-electron chi connectivity index (χ3n) is 3.51. The van der Waals surface area contributed by atoms with Crippen LogP contribution in [0.3, 0.4) is 0 Å². The van der Waals surface area contributed by atoms with Crippen molar-refractivity contribution in [3.8, 4) is 11.8 Å². The highest BCUT2D eigenvalue weighted by Gasteiger charge is 2.07. The standard InChI is InChI=1S/C19H22N6/c1-3-17-16(18(20)25-19(21)24-17)10-7-11-23-13-15(12-22-2)14-8-5-4-6-9-14/h4-6,8-9,12-13,15H,3,11H2,1-2H3,(H4,20,21,24,25). The summed E-state index contributed by atoms with van der Waals surface area (Å²) < 4.78 is 0. The lowest BCUT2D eigenvalue weighted by Gasteiger charge is -2.05. The molecule has 0 fully saturated rings. The first-order valence-electron chi connectivity index (χ1n) is 8.03. The van der Waals surface area contributed by atoms with E-state index in [0.29, 0.717) is 24.3 Å². The van der Waals surface area contributed by atoms with Gasteiger partial charge in [0.15, 0.2) is 0 Å². The molecule has 0 aliphatic rings. The predicted octanol–water partition coefficient (Wildman–Crippen LogP) is 2.11. The minimum absolute atomic E-state index is 0.0316. The smallest absolute Gasteiger partial charge is 0.222 e. The van der Waals surface area contributed by atoms with Gasteiger partial charge in [0, 0.05) is 19.5 Å². The van der Waals surface area contributed by atoms with Gasteiger partial charge in [0.05, 0.1) is 23.7 Å². The second-order valence-corrected chi connectivity index (χ2v) is 5.28. The van der Waals surface area contributed by atoms with Crippen LogP contribution in [0.2, 0.25) is 0 Å². The van der Waals surface area contributed by atoms with E-state index in [2.05, 4.69) is 31.8 Å². The normalized spacial score (nSPS) is 12.2. The van der Waals surface area contributed by atoms with Gasteiger partial charge in [-0.15, -0.1) is 0 Å². The lowest BCUT2D eigenvalue weighted by atomic mass is 10.0. The first-order valence-corrected chi connectivity index (χ1v) is 8.03. The highest BCUT2D eigenvalue weighted by Crippen LogP contribution is 2.14. The molecule has 0 amide bonds. The molecule has 1 aromatic heterocycles. The molecule has 0 spiro atoms. The van der Waals surface area contributed by atoms with Crippen LogP contribution in [0, 0.1) is 11.8 Å². The summed E-state index contributed by atoms with van der Waals surface area (Å²) in [7, 11) is 1.75. The summed E-state index contributed by atoms with van der Waals surface area (Å²) in [6.45, 7) is 2.33. The van der Waals surface area contributed by atoms with Crippen molar-refractivity contribution in [2.75, 3.05) is 25.1 Å². The Morgan fingerprint density at radius 1 is 1.16 bits per heavy atom. The molecule has 6 heteroatoms. The van der Waals surface area contributed by atoms with E-state index in [1.165, 1.54) is 0 Å². The number of nitrogens with zero attached hydrogens (tertiary/aromatic N) is 4. The van der Waals surface area contributed by atoms with Gasteiger partial charge >= 0.3 is 0 Å². The van der Waals surface area contributed by atoms with Crippen molar-refractivity contribution >= 4 is 24.2 Å². The van der Waals surface area contributed by atoms with Crippen LogP contribution in [0.5, 0.6) is 0 Å². The number of anilines is 2. The molecule has 1 aromatic carbocycles. The molecule has 2 rings (SSSR count). The van der Waals surface area contributed by atoms with Gasteiger partial charge < -0.3 is 11.5 Å². The van der Waals surface area contributed by atoms with Crippen LogP contribution >= 0.6 is 0 Å². The Bertz CT molecular complexity index is 815. The molecule has 0 saturated heterocycles. The fourth-order valence-corrected chi connectivity index (χ4v) is 2.32. The molecule has 25 heavy (non-hydrogen) atoms. The van der Waals surface area contributed by atoms with Crippen molar-refractivity contribution in [3.05, 3.63) is 47.2 Å². The third-order valence-corrected chi connectivity index (χ3v) is 3.51. The number of hydrogen-bond donors (Lipinski definition) is 2. The molecule has 0 bridgehead atoms. The van der Waals surface area contributed by atoms with Gasteiger partial charge in [-0.3, -0.25) is 9.98 Å². The fraction of sp³-hybridized carbons (Fsp3) is 0.263.